The minimum Gasteiger partial charge on any atom is -0.491 e. The van der Waals surface area contributed by atoms with Crippen molar-refractivity contribution in [3.8, 4) is 5.75 Å². The summed E-state index contributed by atoms with van der Waals surface area (Å²) in [5, 5.41) is 22.9. The van der Waals surface area contributed by atoms with Crippen LogP contribution in [0.4, 0.5) is 10.5 Å². The van der Waals surface area contributed by atoms with Gasteiger partial charge in [0.15, 0.2) is 0 Å². The van der Waals surface area contributed by atoms with Gasteiger partial charge in [0.05, 0.1) is 24.1 Å². The molecule has 0 fully saturated rings. The normalized spacial score (nSPS) is 20.0. The van der Waals surface area contributed by atoms with Crippen LogP contribution in [0, 0.1) is 0 Å². The Morgan fingerprint density at radius 3 is 2.95 bits per heavy atom. The van der Waals surface area contributed by atoms with Crippen molar-refractivity contribution in [2.24, 2.45) is 0 Å². The molecule has 2 heterocycles. The van der Waals surface area contributed by atoms with E-state index in [0.717, 1.165) is 0 Å². The van der Waals surface area contributed by atoms with E-state index in [0.29, 0.717) is 17.0 Å². The summed E-state index contributed by atoms with van der Waals surface area (Å²) in [6.07, 6.45) is 2.10. The van der Waals surface area contributed by atoms with Crippen molar-refractivity contribution < 1.29 is 14.6 Å². The van der Waals surface area contributed by atoms with Gasteiger partial charge in [0, 0.05) is 5.56 Å². The molecule has 7 nitrogen and oxygen atoms in total. The van der Waals surface area contributed by atoms with Gasteiger partial charge in [-0.25, -0.2) is 4.79 Å². The summed E-state index contributed by atoms with van der Waals surface area (Å²) in [7, 11) is 0. The van der Waals surface area contributed by atoms with Crippen LogP contribution in [0.1, 0.15) is 11.7 Å². The molecule has 7 heteroatoms. The van der Waals surface area contributed by atoms with E-state index in [1.165, 1.54) is 12.4 Å². The SMILES string of the molecule is O=C(Nc1ccnnc1)NC1COc2ccccc2C1O. The summed E-state index contributed by atoms with van der Waals surface area (Å²) in [5.74, 6) is 0.641. The van der Waals surface area contributed by atoms with Crippen LogP contribution in [-0.4, -0.2) is 34.0 Å². The Kier molecular flexibility index (Phi) is 3.65. The second kappa shape index (κ2) is 5.76. The first kappa shape index (κ1) is 13.3. The van der Waals surface area contributed by atoms with Crippen molar-refractivity contribution in [1.29, 1.82) is 0 Å². The average molecular weight is 286 g/mol. The summed E-state index contributed by atoms with van der Waals surface area (Å²) in [6, 6.07) is 7.88. The molecule has 2 atom stereocenters. The van der Waals surface area contributed by atoms with Gasteiger partial charge in [0.1, 0.15) is 18.5 Å². The predicted molar refractivity (Wildman–Crippen MR) is 74.9 cm³/mol. The van der Waals surface area contributed by atoms with E-state index in [4.69, 9.17) is 4.74 Å². The smallest absolute Gasteiger partial charge is 0.319 e. The van der Waals surface area contributed by atoms with Crippen molar-refractivity contribution in [1.82, 2.24) is 15.5 Å². The zero-order valence-corrected chi connectivity index (χ0v) is 11.1. The number of hydrogen-bond donors (Lipinski definition) is 3. The van der Waals surface area contributed by atoms with Gasteiger partial charge in [0.2, 0.25) is 0 Å². The van der Waals surface area contributed by atoms with Gasteiger partial charge >= 0.3 is 6.03 Å². The van der Waals surface area contributed by atoms with Gasteiger partial charge in [-0.15, -0.1) is 0 Å². The fourth-order valence-electron chi connectivity index (χ4n) is 2.16. The fourth-order valence-corrected chi connectivity index (χ4v) is 2.16. The van der Waals surface area contributed by atoms with Crippen LogP contribution in [0.3, 0.4) is 0 Å². The van der Waals surface area contributed by atoms with Crippen LogP contribution in [0.2, 0.25) is 0 Å². The molecule has 0 radical (unpaired) electrons. The number of aliphatic hydroxyl groups is 1. The van der Waals surface area contributed by atoms with E-state index in [1.54, 1.807) is 18.2 Å². The van der Waals surface area contributed by atoms with Crippen molar-refractivity contribution in [3.05, 3.63) is 48.3 Å². The van der Waals surface area contributed by atoms with E-state index in [2.05, 4.69) is 20.8 Å². The number of urea groups is 1. The molecule has 1 aliphatic heterocycles. The van der Waals surface area contributed by atoms with Crippen molar-refractivity contribution in [2.75, 3.05) is 11.9 Å². The monoisotopic (exact) mass is 286 g/mol. The van der Waals surface area contributed by atoms with Gasteiger partial charge in [-0.1, -0.05) is 18.2 Å². The maximum absolute atomic E-state index is 11.9. The standard InChI is InChI=1S/C14H14N4O3/c19-13-10-3-1-2-4-12(10)21-8-11(13)18-14(20)17-9-5-6-15-16-7-9/h1-7,11,13,19H,8H2,(H2,15,17,18,20). The minimum atomic E-state index is -0.809. The van der Waals surface area contributed by atoms with E-state index in [-0.39, 0.29) is 6.61 Å². The number of hydrogen-bond acceptors (Lipinski definition) is 5. The van der Waals surface area contributed by atoms with E-state index in [9.17, 15) is 9.90 Å². The third-order valence-electron chi connectivity index (χ3n) is 3.20. The maximum atomic E-state index is 11.9. The zero-order chi connectivity index (χ0) is 14.7. The molecule has 2 amide bonds. The molecule has 2 aromatic rings. The molecule has 1 aromatic carbocycles. The third kappa shape index (κ3) is 2.92. The molecule has 0 saturated carbocycles. The number of amides is 2. The summed E-state index contributed by atoms with van der Waals surface area (Å²) >= 11 is 0. The Morgan fingerprint density at radius 1 is 1.29 bits per heavy atom. The van der Waals surface area contributed by atoms with Gasteiger partial charge in [-0.3, -0.25) is 0 Å². The van der Waals surface area contributed by atoms with Gasteiger partial charge < -0.3 is 20.5 Å². The zero-order valence-electron chi connectivity index (χ0n) is 11.1. The van der Waals surface area contributed by atoms with Crippen LogP contribution in [0.15, 0.2) is 42.7 Å². The van der Waals surface area contributed by atoms with E-state index < -0.39 is 18.2 Å². The number of carbonyl (C=O) groups is 1. The number of anilines is 1. The average Bonchev–Trinajstić information content (AvgIpc) is 2.51. The number of fused-ring (bicyclic) bond motifs is 1. The third-order valence-corrected chi connectivity index (χ3v) is 3.20. The number of para-hydroxylation sites is 1. The van der Waals surface area contributed by atoms with Crippen LogP contribution < -0.4 is 15.4 Å². The Balaban J connectivity index is 1.65. The van der Waals surface area contributed by atoms with Gasteiger partial charge in [-0.2, -0.15) is 10.2 Å². The van der Waals surface area contributed by atoms with Crippen LogP contribution >= 0.6 is 0 Å². The first-order valence-electron chi connectivity index (χ1n) is 6.48. The molecule has 0 saturated heterocycles. The lowest BCUT2D eigenvalue weighted by atomic mass is 9.99. The van der Waals surface area contributed by atoms with Crippen molar-refractivity contribution in [3.63, 3.8) is 0 Å². The molecule has 1 aliphatic rings. The summed E-state index contributed by atoms with van der Waals surface area (Å²) in [5.41, 5.74) is 1.19. The quantitative estimate of drug-likeness (QED) is 0.768. The number of benzene rings is 1. The number of aromatic nitrogens is 2. The number of rotatable bonds is 2. The highest BCUT2D eigenvalue weighted by Crippen LogP contribution is 2.31. The first-order valence-corrected chi connectivity index (χ1v) is 6.48. The highest BCUT2D eigenvalue weighted by Gasteiger charge is 2.30. The van der Waals surface area contributed by atoms with Gasteiger partial charge in [0.25, 0.3) is 0 Å². The summed E-state index contributed by atoms with van der Waals surface area (Å²) in [6.45, 7) is 0.209. The molecule has 0 spiro atoms. The largest absolute Gasteiger partial charge is 0.491 e. The molecule has 0 bridgehead atoms. The van der Waals surface area contributed by atoms with Crippen molar-refractivity contribution >= 4 is 11.7 Å². The number of aliphatic hydroxyl groups excluding tert-OH is 1. The molecular formula is C14H14N4O3. The van der Waals surface area contributed by atoms with E-state index >= 15 is 0 Å². The molecule has 108 valence electrons. The number of carbonyl (C=O) groups excluding carboxylic acids is 1. The Labute approximate surface area is 121 Å². The van der Waals surface area contributed by atoms with Crippen LogP contribution in [-0.2, 0) is 0 Å². The van der Waals surface area contributed by atoms with E-state index in [1.807, 2.05) is 12.1 Å². The highest BCUT2D eigenvalue weighted by atomic mass is 16.5. The Hall–Kier alpha value is -2.67. The lowest BCUT2D eigenvalue weighted by molar-refractivity contribution is 0.0786. The molecule has 1 aromatic heterocycles. The Morgan fingerprint density at radius 2 is 2.14 bits per heavy atom. The lowest BCUT2D eigenvalue weighted by Crippen LogP contribution is -2.47. The van der Waals surface area contributed by atoms with Crippen molar-refractivity contribution in [2.45, 2.75) is 12.1 Å². The number of nitrogens with one attached hydrogen (secondary N) is 2. The first-order chi connectivity index (χ1) is 10.2. The number of ether oxygens (including phenoxy) is 1. The molecular weight excluding hydrogens is 272 g/mol. The van der Waals surface area contributed by atoms with Crippen LogP contribution in [0.5, 0.6) is 5.75 Å². The molecule has 0 aliphatic carbocycles. The topological polar surface area (TPSA) is 96.4 Å². The highest BCUT2D eigenvalue weighted by molar-refractivity contribution is 5.89. The molecule has 21 heavy (non-hydrogen) atoms. The lowest BCUT2D eigenvalue weighted by Gasteiger charge is -2.30. The predicted octanol–water partition coefficient (Wildman–Crippen LogP) is 1.09. The summed E-state index contributed by atoms with van der Waals surface area (Å²) < 4.78 is 5.53. The molecule has 3 N–H and O–H groups in total. The van der Waals surface area contributed by atoms with Crippen LogP contribution in [0.25, 0.3) is 0 Å². The maximum Gasteiger partial charge on any atom is 0.319 e. The fraction of sp³-hybridized carbons (Fsp3) is 0.214. The second-order valence-electron chi connectivity index (χ2n) is 4.63. The number of nitrogens with zero attached hydrogens (tertiary/aromatic N) is 2. The Bertz CT molecular complexity index is 635. The minimum absolute atomic E-state index is 0.209. The molecule has 3 rings (SSSR count). The van der Waals surface area contributed by atoms with Gasteiger partial charge in [-0.05, 0) is 12.1 Å². The molecule has 2 unspecified atom stereocenters. The second-order valence-corrected chi connectivity index (χ2v) is 4.63. The summed E-state index contributed by atoms with van der Waals surface area (Å²) in [4.78, 5) is 11.9.